The molecule has 3 aromatic carbocycles. The van der Waals surface area contributed by atoms with Crippen LogP contribution in [0.5, 0.6) is 17.2 Å². The summed E-state index contributed by atoms with van der Waals surface area (Å²) in [5, 5.41) is 74.8. The Kier molecular flexibility index (Phi) is 7.84. The third-order valence-electron chi connectivity index (χ3n) is 7.25. The summed E-state index contributed by atoms with van der Waals surface area (Å²) in [6, 6.07) is 12.0. The van der Waals surface area contributed by atoms with Crippen LogP contribution < -0.4 is 9.47 Å². The van der Waals surface area contributed by atoms with Crippen molar-refractivity contribution >= 4 is 21.5 Å². The smallest absolute Gasteiger partial charge is 0.229 e. The molecule has 0 bridgehead atoms. The Balaban J connectivity index is 1.36. The van der Waals surface area contributed by atoms with E-state index in [9.17, 15) is 35.7 Å². The summed E-state index contributed by atoms with van der Waals surface area (Å²) in [4.78, 5) is 0. The van der Waals surface area contributed by atoms with Gasteiger partial charge in [0.25, 0.3) is 0 Å². The average molecular weight is 549 g/mol. The van der Waals surface area contributed by atoms with E-state index in [1.165, 1.54) is 14.0 Å². The largest absolute Gasteiger partial charge is 0.507 e. The van der Waals surface area contributed by atoms with Gasteiger partial charge < -0.3 is 59.4 Å². The molecule has 12 nitrogen and oxygen atoms in total. The Morgan fingerprint density at radius 3 is 2.18 bits per heavy atom. The number of benzene rings is 3. The van der Waals surface area contributed by atoms with Crippen LogP contribution in [0.3, 0.4) is 0 Å². The number of hydrogen-bond acceptors (Lipinski definition) is 12. The van der Waals surface area contributed by atoms with Gasteiger partial charge in [0.05, 0.1) is 19.8 Å². The van der Waals surface area contributed by atoms with Gasteiger partial charge in [0.2, 0.25) is 6.29 Å². The van der Waals surface area contributed by atoms with Gasteiger partial charge in [-0.2, -0.15) is 0 Å². The molecule has 0 spiro atoms. The van der Waals surface area contributed by atoms with Crippen LogP contribution in [0, 0.1) is 0 Å². The highest BCUT2D eigenvalue weighted by molar-refractivity contribution is 6.13. The van der Waals surface area contributed by atoms with Gasteiger partial charge in [0.1, 0.15) is 60.0 Å². The molecule has 0 saturated carbocycles. The van der Waals surface area contributed by atoms with Crippen molar-refractivity contribution in [1.29, 1.82) is 0 Å². The number of ether oxygens (including phenoxy) is 5. The third kappa shape index (κ3) is 5.11. The van der Waals surface area contributed by atoms with E-state index in [0.29, 0.717) is 21.9 Å². The lowest BCUT2D eigenvalue weighted by Gasteiger charge is -2.42. The molecule has 7 N–H and O–H groups in total. The van der Waals surface area contributed by atoms with E-state index in [4.69, 9.17) is 23.7 Å². The van der Waals surface area contributed by atoms with Gasteiger partial charge in [0, 0.05) is 16.8 Å². The number of aliphatic hydroxyl groups excluding tert-OH is 6. The zero-order chi connectivity index (χ0) is 28.0. The van der Waals surface area contributed by atoms with Crippen LogP contribution in [0.15, 0.2) is 42.5 Å². The van der Waals surface area contributed by atoms with E-state index in [0.717, 1.165) is 5.39 Å². The number of rotatable bonds is 6. The van der Waals surface area contributed by atoms with Crippen LogP contribution in [0.4, 0.5) is 0 Å². The molecule has 39 heavy (non-hydrogen) atoms. The molecule has 212 valence electrons. The van der Waals surface area contributed by atoms with Crippen molar-refractivity contribution in [1.82, 2.24) is 0 Å². The highest BCUT2D eigenvalue weighted by atomic mass is 16.7. The minimum atomic E-state index is -1.66. The minimum absolute atomic E-state index is 0.0829. The number of hydrogen-bond donors (Lipinski definition) is 7. The van der Waals surface area contributed by atoms with Crippen molar-refractivity contribution in [3.63, 3.8) is 0 Å². The van der Waals surface area contributed by atoms with Gasteiger partial charge >= 0.3 is 0 Å². The molecule has 2 saturated heterocycles. The second-order valence-electron chi connectivity index (χ2n) is 9.81. The van der Waals surface area contributed by atoms with E-state index in [1.54, 1.807) is 24.3 Å². The average Bonchev–Trinajstić information content (AvgIpc) is 2.93. The van der Waals surface area contributed by atoms with Crippen LogP contribution in [-0.4, -0.2) is 111 Å². The van der Waals surface area contributed by atoms with Gasteiger partial charge in [-0.05, 0) is 29.8 Å². The van der Waals surface area contributed by atoms with Crippen molar-refractivity contribution in [3.8, 4) is 17.2 Å². The first-order valence-corrected chi connectivity index (χ1v) is 12.5. The molecule has 0 aliphatic carbocycles. The Labute approximate surface area is 223 Å². The van der Waals surface area contributed by atoms with Crippen LogP contribution in [-0.2, 0) is 14.2 Å². The zero-order valence-electron chi connectivity index (χ0n) is 21.2. The summed E-state index contributed by atoms with van der Waals surface area (Å²) in [6.07, 6.45) is -14.1. The van der Waals surface area contributed by atoms with Crippen molar-refractivity contribution < 1.29 is 59.4 Å². The first-order valence-electron chi connectivity index (χ1n) is 12.5. The lowest BCUT2D eigenvalue weighted by molar-refractivity contribution is -0.318. The topological polar surface area (TPSA) is 188 Å². The predicted octanol–water partition coefficient (Wildman–Crippen LogP) is -0.262. The maximum atomic E-state index is 10.6. The standard InChI is InChI=1S/C27H32O12/c1-11-20(29)22(31)24(33)26(37-11)36-10-17-21(30)23(32)25(34)27(39-17)38-14-8-13-7-6-12-4-3-5-15(28)18(12)19(13)16(9-14)35-2/h3-9,11,17,20-34H,10H2,1-2H3/t11-,17-,20-,21-,22+,23+,24+,25-,26+,27-/m0/s1. The van der Waals surface area contributed by atoms with E-state index < -0.39 is 68.0 Å². The summed E-state index contributed by atoms with van der Waals surface area (Å²) in [5.41, 5.74) is 0. The first kappa shape index (κ1) is 27.8. The molecular weight excluding hydrogens is 516 g/mol. The van der Waals surface area contributed by atoms with Crippen LogP contribution in [0.2, 0.25) is 0 Å². The van der Waals surface area contributed by atoms with E-state index in [2.05, 4.69) is 0 Å². The fourth-order valence-corrected chi connectivity index (χ4v) is 5.01. The normalized spacial score (nSPS) is 35.3. The minimum Gasteiger partial charge on any atom is -0.507 e. The SMILES string of the molecule is COc1cc(O[C@H]2O[C@@H](CO[C@@H]3O[C@@H](C)[C@H](O)[C@@H](O)[C@H]3O)[C@H](O)[C@@H](O)[C@@H]2O)cc2ccc3cccc(O)c3c12. The fraction of sp³-hybridized carbons (Fsp3) is 0.481. The second-order valence-corrected chi connectivity index (χ2v) is 9.81. The molecule has 0 amide bonds. The number of methoxy groups -OCH3 is 1. The molecule has 5 rings (SSSR count). The molecule has 10 atom stereocenters. The number of aliphatic hydroxyl groups is 6. The Morgan fingerprint density at radius 1 is 0.744 bits per heavy atom. The first-order chi connectivity index (χ1) is 18.6. The molecular formula is C27H32O12. The van der Waals surface area contributed by atoms with Gasteiger partial charge in [0.15, 0.2) is 6.29 Å². The number of aromatic hydroxyl groups is 1. The van der Waals surface area contributed by atoms with Crippen LogP contribution >= 0.6 is 0 Å². The fourth-order valence-electron chi connectivity index (χ4n) is 5.01. The van der Waals surface area contributed by atoms with Crippen molar-refractivity contribution in [2.75, 3.05) is 13.7 Å². The molecule has 0 radical (unpaired) electrons. The van der Waals surface area contributed by atoms with E-state index in [-0.39, 0.29) is 11.5 Å². The Bertz CT molecular complexity index is 1320. The molecule has 0 aromatic heterocycles. The Hall–Kier alpha value is -2.78. The summed E-state index contributed by atoms with van der Waals surface area (Å²) in [7, 11) is 1.47. The summed E-state index contributed by atoms with van der Waals surface area (Å²) < 4.78 is 28.1. The van der Waals surface area contributed by atoms with Crippen molar-refractivity contribution in [3.05, 3.63) is 42.5 Å². The van der Waals surface area contributed by atoms with Crippen LogP contribution in [0.1, 0.15) is 6.92 Å². The lowest BCUT2D eigenvalue weighted by Crippen LogP contribution is -2.61. The maximum Gasteiger partial charge on any atom is 0.229 e. The highest BCUT2D eigenvalue weighted by Crippen LogP contribution is 2.40. The summed E-state index contributed by atoms with van der Waals surface area (Å²) in [6.45, 7) is 1.09. The molecule has 12 heteroatoms. The zero-order valence-corrected chi connectivity index (χ0v) is 21.2. The summed E-state index contributed by atoms with van der Waals surface area (Å²) >= 11 is 0. The van der Waals surface area contributed by atoms with Crippen molar-refractivity contribution in [2.45, 2.75) is 68.3 Å². The van der Waals surface area contributed by atoms with Gasteiger partial charge in [-0.3, -0.25) is 0 Å². The molecule has 3 aromatic rings. The monoisotopic (exact) mass is 548 g/mol. The van der Waals surface area contributed by atoms with E-state index in [1.807, 2.05) is 18.2 Å². The molecule has 0 unspecified atom stereocenters. The van der Waals surface area contributed by atoms with Gasteiger partial charge in [-0.1, -0.05) is 24.3 Å². The molecule has 2 heterocycles. The number of phenols is 1. The number of phenolic OH excluding ortho intramolecular Hbond substituents is 1. The van der Waals surface area contributed by atoms with Gasteiger partial charge in [-0.25, -0.2) is 0 Å². The lowest BCUT2D eigenvalue weighted by atomic mass is 9.98. The Morgan fingerprint density at radius 2 is 1.44 bits per heavy atom. The molecule has 2 aliphatic heterocycles. The van der Waals surface area contributed by atoms with Crippen molar-refractivity contribution in [2.24, 2.45) is 0 Å². The molecule has 2 fully saturated rings. The number of fused-ring (bicyclic) bond motifs is 3. The second kappa shape index (κ2) is 11.0. The highest BCUT2D eigenvalue weighted by Gasteiger charge is 2.47. The quantitative estimate of drug-likeness (QED) is 0.200. The summed E-state index contributed by atoms with van der Waals surface area (Å²) in [5.74, 6) is 0.691. The maximum absolute atomic E-state index is 10.6. The van der Waals surface area contributed by atoms with Crippen LogP contribution in [0.25, 0.3) is 21.5 Å². The molecule has 2 aliphatic rings. The third-order valence-corrected chi connectivity index (χ3v) is 7.25. The van der Waals surface area contributed by atoms with E-state index >= 15 is 0 Å². The predicted molar refractivity (Wildman–Crippen MR) is 135 cm³/mol. The van der Waals surface area contributed by atoms with Gasteiger partial charge in [-0.15, -0.1) is 0 Å².